The summed E-state index contributed by atoms with van der Waals surface area (Å²) in [6, 6.07) is 33.3. The number of allylic oxidation sites excluding steroid dienone is 2. The van der Waals surface area contributed by atoms with Crippen molar-refractivity contribution in [2.45, 2.75) is 189 Å². The molecular weight excluding hydrogens is 911 g/mol. The molecule has 2 atom stereocenters. The molecule has 0 spiro atoms. The van der Waals surface area contributed by atoms with Crippen LogP contribution in [0, 0.1) is 10.8 Å². The van der Waals surface area contributed by atoms with Gasteiger partial charge in [0.25, 0.3) is 0 Å². The third kappa shape index (κ3) is 9.55. The number of fused-ring (bicyclic) bond motifs is 2. The molecule has 4 heteroatoms. The van der Waals surface area contributed by atoms with Crippen LogP contribution >= 0.6 is 17.0 Å². The van der Waals surface area contributed by atoms with Crippen LogP contribution in [0.15, 0.2) is 96.1 Å². The molecule has 2 fully saturated rings. The Bertz CT molecular complexity index is 2190. The zero-order chi connectivity index (χ0) is 45.7. The van der Waals surface area contributed by atoms with Crippen LogP contribution in [0.1, 0.15) is 199 Å². The Morgan fingerprint density at radius 3 is 1.14 bits per heavy atom. The van der Waals surface area contributed by atoms with Crippen molar-refractivity contribution in [3.63, 3.8) is 0 Å². The average Bonchev–Trinajstić information content (AvgIpc) is 3.79. The fourth-order valence-electron chi connectivity index (χ4n) is 13.0. The first kappa shape index (κ1) is 48.5. The van der Waals surface area contributed by atoms with Crippen molar-refractivity contribution in [1.82, 2.24) is 0 Å². The number of hydrogen-bond donors (Lipinski definition) is 0. The number of rotatable bonds is 9. The molecule has 4 aliphatic rings. The Morgan fingerprint density at radius 1 is 0.500 bits per heavy atom. The molecule has 0 radical (unpaired) electrons. The first-order chi connectivity index (χ1) is 30.2. The second-order valence-electron chi connectivity index (χ2n) is 24.5. The third-order valence-electron chi connectivity index (χ3n) is 17.0. The number of halogens is 2. The monoisotopic (exact) mass is 989 g/mol. The Hall–Kier alpha value is -1.96. The van der Waals surface area contributed by atoms with E-state index < -0.39 is 21.5 Å². The zero-order valence-electron chi connectivity index (χ0n) is 41.5. The Balaban J connectivity index is 1.34. The molecule has 0 saturated heterocycles. The van der Waals surface area contributed by atoms with E-state index in [9.17, 15) is 17.0 Å². The predicted molar refractivity (Wildman–Crippen MR) is 283 cm³/mol. The molecule has 0 amide bonds. The molecule has 0 aliphatic heterocycles. The minimum atomic E-state index is -5.16. The van der Waals surface area contributed by atoms with Crippen molar-refractivity contribution in [1.29, 1.82) is 0 Å². The van der Waals surface area contributed by atoms with Gasteiger partial charge in [0.15, 0.2) is 0 Å². The van der Waals surface area contributed by atoms with Gasteiger partial charge in [0.1, 0.15) is 0 Å². The van der Waals surface area contributed by atoms with E-state index in [0.29, 0.717) is 0 Å². The van der Waals surface area contributed by atoms with Gasteiger partial charge >= 0.3 is 402 Å². The van der Waals surface area contributed by atoms with Crippen molar-refractivity contribution in [3.8, 4) is 22.3 Å². The van der Waals surface area contributed by atoms with Crippen LogP contribution in [0.25, 0.3) is 34.4 Å². The van der Waals surface area contributed by atoms with Gasteiger partial charge < -0.3 is 0 Å². The average molecular weight is 993 g/mol. The molecule has 8 rings (SSSR count). The molecule has 2 unspecified atom stereocenters. The fraction of sp³-hybridized carbons (Fsp3) is 0.533. The van der Waals surface area contributed by atoms with Crippen LogP contribution in [0.4, 0.5) is 0 Å². The van der Waals surface area contributed by atoms with Crippen LogP contribution in [-0.4, -0.2) is 5.92 Å². The molecule has 0 heterocycles. The molecule has 2 saturated carbocycles. The van der Waals surface area contributed by atoms with Crippen molar-refractivity contribution in [2.24, 2.45) is 10.8 Å². The topological polar surface area (TPSA) is 0 Å². The van der Waals surface area contributed by atoms with E-state index >= 15 is 0 Å². The standard InChI is InChI=1S/2C29H37.C2H7Si.2ClH.Zr/c2*1-28(2,3)25-15-13-23(14-16-25)26-12-10-11-24-19-22(20-27(24)26)21-29(4)17-8-6-5-7-9-18-29;1-3-2;;;/h2*10-16,19-20H,5-9,17-18,21H2,1-4H3;3H,1-2H3;2*1H;/q;;;;;+2/p-2. The summed E-state index contributed by atoms with van der Waals surface area (Å²) in [6.45, 7) is 24.2. The zero-order valence-corrected chi connectivity index (χ0v) is 46.7. The van der Waals surface area contributed by atoms with Gasteiger partial charge in [-0.05, 0) is 0 Å². The van der Waals surface area contributed by atoms with Gasteiger partial charge in [-0.2, -0.15) is 0 Å². The molecule has 64 heavy (non-hydrogen) atoms. The maximum absolute atomic E-state index is 9.32. The molecule has 4 aliphatic carbocycles. The first-order valence-corrected chi connectivity index (χ1v) is 42.0. The van der Waals surface area contributed by atoms with E-state index in [0.717, 1.165) is 12.8 Å². The summed E-state index contributed by atoms with van der Waals surface area (Å²) < 4.78 is 0.170. The van der Waals surface area contributed by atoms with Gasteiger partial charge in [-0.15, -0.1) is 0 Å². The van der Waals surface area contributed by atoms with Crippen molar-refractivity contribution in [2.75, 3.05) is 0 Å². The molecule has 4 aromatic carbocycles. The molecule has 0 N–H and O–H groups in total. The summed E-state index contributed by atoms with van der Waals surface area (Å²) in [5.74, 6) is -1.78. The SMILES string of the molecule is C[SiH](C)[Zr]([Cl])([Cl])([CH]1C(CC2(C)CCCCCCC2)=Cc2c(-c3ccc(C(C)(C)C)cc3)cccc21)[CH]1C(CC2(C)CCCCCCC2)=Cc2c(-c3ccc(C(C)(C)C)cc3)cccc21. The minimum absolute atomic E-state index is 0.0849. The molecule has 343 valence electrons. The Morgan fingerprint density at radius 2 is 0.828 bits per heavy atom. The maximum atomic E-state index is 9.32. The summed E-state index contributed by atoms with van der Waals surface area (Å²) in [6.07, 6.45) is 26.1. The Kier molecular flexibility index (Phi) is 14.0. The summed E-state index contributed by atoms with van der Waals surface area (Å²) in [4.78, 5) is 0. The number of hydrogen-bond acceptors (Lipinski definition) is 0. The van der Waals surface area contributed by atoms with E-state index in [1.165, 1.54) is 146 Å². The van der Waals surface area contributed by atoms with Crippen molar-refractivity contribution >= 4 is 35.1 Å². The van der Waals surface area contributed by atoms with Crippen LogP contribution in [0.2, 0.25) is 13.1 Å². The molecule has 0 bridgehead atoms. The van der Waals surface area contributed by atoms with Gasteiger partial charge in [-0.1, -0.05) is 0 Å². The van der Waals surface area contributed by atoms with Gasteiger partial charge in [0.2, 0.25) is 0 Å². The third-order valence-corrected chi connectivity index (χ3v) is 68.9. The van der Waals surface area contributed by atoms with Gasteiger partial charge in [0.05, 0.1) is 0 Å². The summed E-state index contributed by atoms with van der Waals surface area (Å²) >= 11 is -5.16. The molecule has 0 nitrogen and oxygen atoms in total. The van der Waals surface area contributed by atoms with E-state index in [1.54, 1.807) is 11.1 Å². The summed E-state index contributed by atoms with van der Waals surface area (Å²) in [5, 5.41) is 0. The van der Waals surface area contributed by atoms with E-state index in [1.807, 2.05) is 0 Å². The van der Waals surface area contributed by atoms with Crippen LogP contribution in [0.3, 0.4) is 0 Å². The van der Waals surface area contributed by atoms with Gasteiger partial charge in [-0.3, -0.25) is 0 Å². The second-order valence-corrected chi connectivity index (χ2v) is 67.0. The van der Waals surface area contributed by atoms with Crippen molar-refractivity contribution < 1.29 is 15.6 Å². The normalized spacial score (nSPS) is 22.2. The van der Waals surface area contributed by atoms with Crippen LogP contribution < -0.4 is 0 Å². The van der Waals surface area contributed by atoms with Crippen LogP contribution in [-0.2, 0) is 26.4 Å². The van der Waals surface area contributed by atoms with Gasteiger partial charge in [0, 0.05) is 0 Å². The predicted octanol–water partition coefficient (Wildman–Crippen LogP) is 19.5. The Labute approximate surface area is 399 Å². The first-order valence-electron chi connectivity index (χ1n) is 25.7. The molecule has 4 aromatic rings. The summed E-state index contributed by atoms with van der Waals surface area (Å²) in [5.41, 5.74) is 17.5. The number of benzene rings is 4. The van der Waals surface area contributed by atoms with E-state index in [-0.39, 0.29) is 28.9 Å². The second kappa shape index (κ2) is 18.5. The van der Waals surface area contributed by atoms with Crippen LogP contribution in [0.5, 0.6) is 0 Å². The molecule has 0 aromatic heterocycles. The quantitative estimate of drug-likeness (QED) is 0.147. The summed E-state index contributed by atoms with van der Waals surface area (Å²) in [7, 11) is 18.6. The van der Waals surface area contributed by atoms with Crippen molar-refractivity contribution in [3.05, 3.63) is 129 Å². The van der Waals surface area contributed by atoms with E-state index in [2.05, 4.69) is 166 Å². The van der Waals surface area contributed by atoms with E-state index in [4.69, 9.17) is 0 Å². The fourth-order valence-corrected chi connectivity index (χ4v) is 44.3. The molecular formula is C60H81Cl2SiZr. The van der Waals surface area contributed by atoms with Gasteiger partial charge in [-0.25, -0.2) is 0 Å².